The summed E-state index contributed by atoms with van der Waals surface area (Å²) in [6, 6.07) is 0. The van der Waals surface area contributed by atoms with E-state index in [0.29, 0.717) is 22.3 Å². The third-order valence-electron chi connectivity index (χ3n) is 2.26. The molecular weight excluding hydrogens is 304 g/mol. The Labute approximate surface area is 124 Å². The molecule has 0 saturated carbocycles. The van der Waals surface area contributed by atoms with Crippen molar-refractivity contribution < 1.29 is 9.59 Å². The quantitative estimate of drug-likeness (QED) is 0.697. The maximum Gasteiger partial charge on any atom is 0.231 e. The Morgan fingerprint density at radius 1 is 1.16 bits per heavy atom. The highest BCUT2D eigenvalue weighted by Gasteiger charge is 2.20. The first kappa shape index (κ1) is 16.3. The number of thioether (sulfide) groups is 2. The Bertz CT molecular complexity index is 413. The second-order valence-corrected chi connectivity index (χ2v) is 7.05. The summed E-state index contributed by atoms with van der Waals surface area (Å²) >= 11 is 3.74. The number of primary amides is 2. The van der Waals surface area contributed by atoms with Crippen molar-refractivity contribution >= 4 is 46.9 Å². The number of nitrogens with zero attached hydrogens (tertiary/aromatic N) is 2. The van der Waals surface area contributed by atoms with Gasteiger partial charge in [-0.3, -0.25) is 9.59 Å². The first-order valence-electron chi connectivity index (χ1n) is 5.73. The van der Waals surface area contributed by atoms with E-state index in [1.165, 1.54) is 35.1 Å². The van der Waals surface area contributed by atoms with Crippen molar-refractivity contribution in [2.45, 2.75) is 46.7 Å². The van der Waals surface area contributed by atoms with E-state index in [-0.39, 0.29) is 22.3 Å². The van der Waals surface area contributed by atoms with Gasteiger partial charge in [0.25, 0.3) is 0 Å². The average molecular weight is 320 g/mol. The van der Waals surface area contributed by atoms with Gasteiger partial charge in [0.2, 0.25) is 17.0 Å². The number of rotatable bonds is 8. The fraction of sp³-hybridized carbons (Fsp3) is 0.600. The lowest BCUT2D eigenvalue weighted by Gasteiger charge is -2.07. The first-order valence-corrected chi connectivity index (χ1v) is 8.26. The molecule has 2 atom stereocenters. The number of carbonyl (C=O) groups excluding carboxylic acids is 2. The van der Waals surface area contributed by atoms with Crippen LogP contribution in [0, 0.1) is 0 Å². The summed E-state index contributed by atoms with van der Waals surface area (Å²) in [7, 11) is 0. The molecule has 0 bridgehead atoms. The topological polar surface area (TPSA) is 112 Å². The predicted octanol–water partition coefficient (Wildman–Crippen LogP) is 1.25. The highest BCUT2D eigenvalue weighted by Crippen LogP contribution is 2.31. The van der Waals surface area contributed by atoms with Crippen LogP contribution in [0.15, 0.2) is 9.50 Å². The van der Waals surface area contributed by atoms with Crippen LogP contribution in [0.2, 0.25) is 0 Å². The van der Waals surface area contributed by atoms with Crippen LogP contribution in [0.4, 0.5) is 0 Å². The molecule has 0 unspecified atom stereocenters. The highest BCUT2D eigenvalue weighted by atomic mass is 32.2. The fourth-order valence-corrected chi connectivity index (χ4v) is 3.93. The second kappa shape index (κ2) is 7.71. The van der Waals surface area contributed by atoms with Crippen molar-refractivity contribution in [3.05, 3.63) is 0 Å². The molecular formula is C10H16N4O2S3. The van der Waals surface area contributed by atoms with Gasteiger partial charge < -0.3 is 11.5 Å². The first-order chi connectivity index (χ1) is 8.97. The van der Waals surface area contributed by atoms with Gasteiger partial charge in [-0.2, -0.15) is 4.37 Å². The number of carbonyl (C=O) groups is 2. The minimum absolute atomic E-state index is 0.302. The van der Waals surface area contributed by atoms with Crippen molar-refractivity contribution in [2.75, 3.05) is 0 Å². The lowest BCUT2D eigenvalue weighted by atomic mass is 10.3. The van der Waals surface area contributed by atoms with Crippen LogP contribution in [0.3, 0.4) is 0 Å². The zero-order chi connectivity index (χ0) is 14.4. The maximum absolute atomic E-state index is 11.1. The molecule has 4 N–H and O–H groups in total. The van der Waals surface area contributed by atoms with Crippen LogP contribution in [0.5, 0.6) is 0 Å². The zero-order valence-electron chi connectivity index (χ0n) is 10.7. The summed E-state index contributed by atoms with van der Waals surface area (Å²) in [5, 5.41) is -0.119. The van der Waals surface area contributed by atoms with Crippen LogP contribution in [-0.4, -0.2) is 31.7 Å². The van der Waals surface area contributed by atoms with Gasteiger partial charge in [-0.05, 0) is 24.4 Å². The van der Waals surface area contributed by atoms with E-state index < -0.39 is 0 Å². The zero-order valence-corrected chi connectivity index (χ0v) is 13.1. The van der Waals surface area contributed by atoms with Crippen molar-refractivity contribution in [3.8, 4) is 0 Å². The minimum atomic E-state index is -0.375. The van der Waals surface area contributed by atoms with Crippen LogP contribution in [0.25, 0.3) is 0 Å². The molecule has 6 nitrogen and oxygen atoms in total. The average Bonchev–Trinajstić information content (AvgIpc) is 2.79. The molecule has 0 saturated heterocycles. The molecule has 0 spiro atoms. The van der Waals surface area contributed by atoms with Gasteiger partial charge in [0.15, 0.2) is 4.34 Å². The Balaban J connectivity index is 2.66. The lowest BCUT2D eigenvalue weighted by molar-refractivity contribution is -0.118. The van der Waals surface area contributed by atoms with Crippen molar-refractivity contribution in [1.29, 1.82) is 0 Å². The molecule has 0 aliphatic carbocycles. The van der Waals surface area contributed by atoms with Crippen molar-refractivity contribution in [1.82, 2.24) is 9.36 Å². The molecule has 0 fully saturated rings. The number of amides is 2. The van der Waals surface area contributed by atoms with Gasteiger partial charge >= 0.3 is 0 Å². The standard InChI is InChI=1S/C10H16N4O2S3/c1-3-5(7(11)15)17-9-13-10(19-14-9)18-6(4-2)8(12)16/h5-6H,3-4H2,1-2H3,(H2,11,15)(H2,12,16)/t5-,6-/m1/s1. The van der Waals surface area contributed by atoms with E-state index in [1.54, 1.807) is 0 Å². The van der Waals surface area contributed by atoms with Gasteiger partial charge in [-0.15, -0.1) is 0 Å². The lowest BCUT2D eigenvalue weighted by Crippen LogP contribution is -2.25. The summed E-state index contributed by atoms with van der Waals surface area (Å²) in [5.74, 6) is -0.736. The molecule has 0 radical (unpaired) electrons. The van der Waals surface area contributed by atoms with Crippen molar-refractivity contribution in [2.24, 2.45) is 11.5 Å². The largest absolute Gasteiger partial charge is 0.369 e. The van der Waals surface area contributed by atoms with E-state index in [1.807, 2.05) is 13.8 Å². The van der Waals surface area contributed by atoms with Crippen LogP contribution in [0.1, 0.15) is 26.7 Å². The third kappa shape index (κ3) is 5.00. The van der Waals surface area contributed by atoms with Gasteiger partial charge in [-0.1, -0.05) is 37.4 Å². The molecule has 0 aromatic carbocycles. The molecule has 1 heterocycles. The predicted molar refractivity (Wildman–Crippen MR) is 78.2 cm³/mol. The molecule has 0 aliphatic rings. The van der Waals surface area contributed by atoms with Crippen molar-refractivity contribution in [3.63, 3.8) is 0 Å². The Morgan fingerprint density at radius 2 is 1.68 bits per heavy atom. The molecule has 1 rings (SSSR count). The summed E-state index contributed by atoms with van der Waals surface area (Å²) < 4.78 is 4.82. The van der Waals surface area contributed by atoms with E-state index in [9.17, 15) is 9.59 Å². The smallest absolute Gasteiger partial charge is 0.231 e. The second-order valence-electron chi connectivity index (χ2n) is 3.68. The summed E-state index contributed by atoms with van der Waals surface area (Å²) in [4.78, 5) is 26.6. The Hall–Kier alpha value is -0.800. The van der Waals surface area contributed by atoms with E-state index in [0.717, 1.165) is 0 Å². The monoisotopic (exact) mass is 320 g/mol. The number of aromatic nitrogens is 2. The SMILES string of the molecule is CC[C@@H](Sc1nsc(S[C@H](CC)C(N)=O)n1)C(N)=O. The molecule has 1 aromatic rings. The van der Waals surface area contributed by atoms with E-state index in [2.05, 4.69) is 9.36 Å². The molecule has 19 heavy (non-hydrogen) atoms. The Morgan fingerprint density at radius 3 is 2.16 bits per heavy atom. The van der Waals surface area contributed by atoms with Gasteiger partial charge in [0.05, 0.1) is 10.5 Å². The minimum Gasteiger partial charge on any atom is -0.369 e. The Kier molecular flexibility index (Phi) is 6.59. The molecule has 0 aliphatic heterocycles. The molecule has 106 valence electrons. The molecule has 2 amide bonds. The van der Waals surface area contributed by atoms with Gasteiger partial charge in [0, 0.05) is 0 Å². The number of hydrogen-bond acceptors (Lipinski definition) is 7. The summed E-state index contributed by atoms with van der Waals surface area (Å²) in [6.07, 6.45) is 1.27. The molecule has 9 heteroatoms. The highest BCUT2D eigenvalue weighted by molar-refractivity contribution is 8.02. The van der Waals surface area contributed by atoms with Crippen LogP contribution < -0.4 is 11.5 Å². The number of hydrogen-bond donors (Lipinski definition) is 2. The van der Waals surface area contributed by atoms with Gasteiger partial charge in [-0.25, -0.2) is 4.98 Å². The van der Waals surface area contributed by atoms with Crippen LogP contribution >= 0.6 is 35.1 Å². The maximum atomic E-state index is 11.1. The third-order valence-corrected chi connectivity index (χ3v) is 5.78. The number of nitrogens with two attached hydrogens (primary N) is 2. The van der Waals surface area contributed by atoms with Gasteiger partial charge in [0.1, 0.15) is 0 Å². The van der Waals surface area contributed by atoms with E-state index in [4.69, 9.17) is 11.5 Å². The summed E-state index contributed by atoms with van der Waals surface area (Å²) in [5.41, 5.74) is 10.5. The molecule has 1 aromatic heterocycles. The van der Waals surface area contributed by atoms with Crippen LogP contribution in [-0.2, 0) is 9.59 Å². The normalized spacial score (nSPS) is 14.0. The summed E-state index contributed by atoms with van der Waals surface area (Å²) in [6.45, 7) is 3.77. The fourth-order valence-electron chi connectivity index (χ4n) is 1.23. The van der Waals surface area contributed by atoms with E-state index >= 15 is 0 Å².